The van der Waals surface area contributed by atoms with Crippen LogP contribution in [0.2, 0.25) is 5.02 Å². The molecule has 0 saturated carbocycles. The van der Waals surface area contributed by atoms with E-state index in [1.807, 2.05) is 13.8 Å². The molecule has 1 unspecified atom stereocenters. The minimum Gasteiger partial charge on any atom is -0.325 e. The van der Waals surface area contributed by atoms with E-state index in [-0.39, 0.29) is 11.4 Å². The zero-order valence-corrected chi connectivity index (χ0v) is 9.24. The van der Waals surface area contributed by atoms with E-state index in [0.29, 0.717) is 11.4 Å². The Morgan fingerprint density at radius 2 is 2.14 bits per heavy atom. The molecule has 0 fully saturated rings. The van der Waals surface area contributed by atoms with Crippen molar-refractivity contribution in [3.05, 3.63) is 34.6 Å². The van der Waals surface area contributed by atoms with E-state index in [4.69, 9.17) is 17.3 Å². The van der Waals surface area contributed by atoms with Gasteiger partial charge in [0.25, 0.3) is 0 Å². The van der Waals surface area contributed by atoms with E-state index in [9.17, 15) is 4.39 Å². The van der Waals surface area contributed by atoms with E-state index in [1.54, 1.807) is 6.07 Å². The summed E-state index contributed by atoms with van der Waals surface area (Å²) in [4.78, 5) is 0. The number of nitrogens with two attached hydrogens (primary N) is 1. The first-order chi connectivity index (χ1) is 6.44. The molecular formula is C11H15ClFN. The van der Waals surface area contributed by atoms with Crippen LogP contribution >= 0.6 is 11.6 Å². The van der Waals surface area contributed by atoms with Gasteiger partial charge in [-0.2, -0.15) is 0 Å². The highest BCUT2D eigenvalue weighted by atomic mass is 35.5. The zero-order valence-electron chi connectivity index (χ0n) is 8.48. The Morgan fingerprint density at radius 3 is 2.64 bits per heavy atom. The highest BCUT2D eigenvalue weighted by Gasteiger charge is 2.17. The number of hydrogen-bond acceptors (Lipinski definition) is 1. The lowest BCUT2D eigenvalue weighted by Gasteiger charge is -2.23. The van der Waals surface area contributed by atoms with Gasteiger partial charge in [-0.05, 0) is 37.5 Å². The summed E-state index contributed by atoms with van der Waals surface area (Å²) in [6.07, 6.45) is 1.53. The summed E-state index contributed by atoms with van der Waals surface area (Å²) in [5.41, 5.74) is 6.63. The fourth-order valence-electron chi connectivity index (χ4n) is 1.23. The monoisotopic (exact) mass is 215 g/mol. The van der Waals surface area contributed by atoms with Crippen LogP contribution in [0.25, 0.3) is 0 Å². The Morgan fingerprint density at radius 1 is 1.50 bits per heavy atom. The molecule has 78 valence electrons. The molecule has 1 aromatic carbocycles. The van der Waals surface area contributed by atoms with Gasteiger partial charge < -0.3 is 5.73 Å². The summed E-state index contributed by atoms with van der Waals surface area (Å²) in [5.74, 6) is -0.311. The molecule has 1 rings (SSSR count). The molecule has 0 saturated heterocycles. The maximum Gasteiger partial charge on any atom is 0.124 e. The van der Waals surface area contributed by atoms with Crippen LogP contribution in [0.3, 0.4) is 0 Å². The fourth-order valence-corrected chi connectivity index (χ4v) is 1.46. The van der Waals surface area contributed by atoms with Gasteiger partial charge in [0, 0.05) is 10.6 Å². The Bertz CT molecular complexity index is 323. The first kappa shape index (κ1) is 11.5. The van der Waals surface area contributed by atoms with E-state index in [2.05, 4.69) is 0 Å². The smallest absolute Gasteiger partial charge is 0.124 e. The zero-order chi connectivity index (χ0) is 10.8. The molecule has 1 aromatic rings. The average Bonchev–Trinajstić information content (AvgIpc) is 2.10. The minimum absolute atomic E-state index is 0.276. The standard InChI is InChI=1S/C11H15ClFN/c1-3-11(2,14)7-8-4-5-9(13)6-10(8)12/h4-6H,3,7,14H2,1-2H3. The summed E-state index contributed by atoms with van der Waals surface area (Å²) < 4.78 is 12.7. The van der Waals surface area contributed by atoms with Crippen molar-refractivity contribution in [2.24, 2.45) is 5.73 Å². The van der Waals surface area contributed by atoms with Crippen molar-refractivity contribution in [2.45, 2.75) is 32.2 Å². The summed E-state index contributed by atoms with van der Waals surface area (Å²) >= 11 is 5.90. The van der Waals surface area contributed by atoms with Crippen LogP contribution in [-0.4, -0.2) is 5.54 Å². The second-order valence-electron chi connectivity index (χ2n) is 3.92. The van der Waals surface area contributed by atoms with Crippen molar-refractivity contribution in [3.8, 4) is 0 Å². The molecule has 0 aromatic heterocycles. The van der Waals surface area contributed by atoms with E-state index in [0.717, 1.165) is 12.0 Å². The third-order valence-corrected chi connectivity index (χ3v) is 2.77. The van der Waals surface area contributed by atoms with Gasteiger partial charge >= 0.3 is 0 Å². The number of hydrogen-bond donors (Lipinski definition) is 1. The lowest BCUT2D eigenvalue weighted by atomic mass is 9.91. The third-order valence-electron chi connectivity index (χ3n) is 2.42. The van der Waals surface area contributed by atoms with Gasteiger partial charge in [0.05, 0.1) is 0 Å². The van der Waals surface area contributed by atoms with E-state index in [1.165, 1.54) is 12.1 Å². The van der Waals surface area contributed by atoms with Gasteiger partial charge in [0.15, 0.2) is 0 Å². The number of halogens is 2. The van der Waals surface area contributed by atoms with Crippen molar-refractivity contribution in [1.29, 1.82) is 0 Å². The molecule has 0 aliphatic heterocycles. The quantitative estimate of drug-likeness (QED) is 0.824. The van der Waals surface area contributed by atoms with Crippen LogP contribution in [0, 0.1) is 5.82 Å². The molecule has 14 heavy (non-hydrogen) atoms. The Balaban J connectivity index is 2.87. The summed E-state index contributed by atoms with van der Waals surface area (Å²) in [6.45, 7) is 3.99. The van der Waals surface area contributed by atoms with Crippen molar-refractivity contribution in [2.75, 3.05) is 0 Å². The predicted octanol–water partition coefficient (Wildman–Crippen LogP) is 3.15. The molecule has 2 N–H and O–H groups in total. The lowest BCUT2D eigenvalue weighted by molar-refractivity contribution is 0.449. The van der Waals surface area contributed by atoms with E-state index < -0.39 is 0 Å². The van der Waals surface area contributed by atoms with Gasteiger partial charge in [-0.1, -0.05) is 24.6 Å². The van der Waals surface area contributed by atoms with Gasteiger partial charge in [-0.15, -0.1) is 0 Å². The lowest BCUT2D eigenvalue weighted by Crippen LogP contribution is -2.37. The molecule has 0 aliphatic carbocycles. The van der Waals surface area contributed by atoms with Crippen LogP contribution in [0.15, 0.2) is 18.2 Å². The highest BCUT2D eigenvalue weighted by Crippen LogP contribution is 2.22. The first-order valence-electron chi connectivity index (χ1n) is 4.67. The van der Waals surface area contributed by atoms with Crippen LogP contribution in [0.4, 0.5) is 4.39 Å². The largest absolute Gasteiger partial charge is 0.325 e. The predicted molar refractivity (Wildman–Crippen MR) is 58.0 cm³/mol. The maximum atomic E-state index is 12.7. The maximum absolute atomic E-state index is 12.7. The molecular weight excluding hydrogens is 201 g/mol. The molecule has 1 nitrogen and oxygen atoms in total. The number of rotatable bonds is 3. The minimum atomic E-state index is -0.311. The molecule has 0 heterocycles. The molecule has 3 heteroatoms. The van der Waals surface area contributed by atoms with Gasteiger partial charge in [-0.3, -0.25) is 0 Å². The van der Waals surface area contributed by atoms with Crippen LogP contribution in [-0.2, 0) is 6.42 Å². The molecule has 0 spiro atoms. The van der Waals surface area contributed by atoms with Gasteiger partial charge in [-0.25, -0.2) is 4.39 Å². The second-order valence-corrected chi connectivity index (χ2v) is 4.33. The molecule has 0 bridgehead atoms. The summed E-state index contributed by atoms with van der Waals surface area (Å²) in [5, 5.41) is 0.454. The Kier molecular flexibility index (Phi) is 3.51. The van der Waals surface area contributed by atoms with Crippen LogP contribution in [0.5, 0.6) is 0 Å². The SMILES string of the molecule is CCC(C)(N)Cc1ccc(F)cc1Cl. The highest BCUT2D eigenvalue weighted by molar-refractivity contribution is 6.31. The molecule has 1 atom stereocenters. The normalized spacial score (nSPS) is 15.2. The van der Waals surface area contributed by atoms with E-state index >= 15 is 0 Å². The molecule has 0 aliphatic rings. The molecule has 0 amide bonds. The average molecular weight is 216 g/mol. The van der Waals surface area contributed by atoms with Crippen molar-refractivity contribution in [3.63, 3.8) is 0 Å². The summed E-state index contributed by atoms with van der Waals surface area (Å²) in [6, 6.07) is 4.42. The number of benzene rings is 1. The first-order valence-corrected chi connectivity index (χ1v) is 5.05. The fraction of sp³-hybridized carbons (Fsp3) is 0.455. The van der Waals surface area contributed by atoms with Gasteiger partial charge in [0.2, 0.25) is 0 Å². The second kappa shape index (κ2) is 4.28. The van der Waals surface area contributed by atoms with Crippen molar-refractivity contribution >= 4 is 11.6 Å². The summed E-state index contributed by atoms with van der Waals surface area (Å²) in [7, 11) is 0. The van der Waals surface area contributed by atoms with Gasteiger partial charge in [0.1, 0.15) is 5.82 Å². The van der Waals surface area contributed by atoms with Crippen molar-refractivity contribution in [1.82, 2.24) is 0 Å². The molecule has 0 radical (unpaired) electrons. The van der Waals surface area contributed by atoms with Crippen LogP contribution in [0.1, 0.15) is 25.8 Å². The van der Waals surface area contributed by atoms with Crippen LogP contribution < -0.4 is 5.73 Å². The third kappa shape index (κ3) is 2.96. The van der Waals surface area contributed by atoms with Crippen molar-refractivity contribution < 1.29 is 4.39 Å². The Labute approximate surface area is 89.1 Å². The Hall–Kier alpha value is -0.600. The topological polar surface area (TPSA) is 26.0 Å².